The Labute approximate surface area is 129 Å². The minimum atomic E-state index is 0.157. The van der Waals surface area contributed by atoms with Crippen LogP contribution in [0.15, 0.2) is 42.5 Å². The molecule has 0 saturated heterocycles. The topological polar surface area (TPSA) is 33.1 Å². The molecule has 1 aromatic heterocycles. The molecule has 2 aromatic carbocycles. The Morgan fingerprint density at radius 3 is 2.62 bits per heavy atom. The molecule has 0 aliphatic carbocycles. The van der Waals surface area contributed by atoms with E-state index >= 15 is 0 Å². The van der Waals surface area contributed by atoms with Crippen molar-refractivity contribution in [1.29, 1.82) is 0 Å². The smallest absolute Gasteiger partial charge is 0.144 e. The van der Waals surface area contributed by atoms with E-state index < -0.39 is 0 Å². The van der Waals surface area contributed by atoms with Crippen LogP contribution in [0.2, 0.25) is 5.02 Å². The van der Waals surface area contributed by atoms with Crippen molar-refractivity contribution in [2.24, 2.45) is 0 Å². The van der Waals surface area contributed by atoms with Gasteiger partial charge in [-0.05, 0) is 49.6 Å². The number of hydrogen-bond donors (Lipinski definition) is 1. The molecule has 3 rings (SSSR count). The van der Waals surface area contributed by atoms with E-state index in [1.807, 2.05) is 37.3 Å². The highest BCUT2D eigenvalue weighted by molar-refractivity contribution is 6.30. The Balaban J connectivity index is 2.05. The zero-order valence-corrected chi connectivity index (χ0v) is 12.5. The average Bonchev–Trinajstić information content (AvgIpc) is 2.45. The van der Waals surface area contributed by atoms with Crippen LogP contribution in [0.25, 0.3) is 10.8 Å². The first-order chi connectivity index (χ1) is 10.0. The van der Waals surface area contributed by atoms with Gasteiger partial charge in [-0.2, -0.15) is 0 Å². The Kier molecular flexibility index (Phi) is 3.56. The quantitative estimate of drug-likeness (QED) is 0.745. The van der Waals surface area contributed by atoms with Gasteiger partial charge in [-0.1, -0.05) is 35.9 Å². The number of nitrogens with zero attached hydrogens (tertiary/aromatic N) is 1. The van der Waals surface area contributed by atoms with E-state index in [9.17, 15) is 5.11 Å². The van der Waals surface area contributed by atoms with E-state index in [0.29, 0.717) is 5.69 Å². The molecular weight excluding hydrogens is 282 g/mol. The lowest BCUT2D eigenvalue weighted by Gasteiger charge is -2.09. The lowest BCUT2D eigenvalue weighted by Crippen LogP contribution is -1.93. The van der Waals surface area contributed by atoms with Gasteiger partial charge in [0, 0.05) is 21.5 Å². The number of fused-ring (bicyclic) bond motifs is 1. The van der Waals surface area contributed by atoms with Crippen LogP contribution in [-0.4, -0.2) is 10.1 Å². The SMILES string of the molecule is [CH2]c1nc(C)c2cc(Cc3cccc(Cl)c3)ccc2c1O. The third-order valence-electron chi connectivity index (χ3n) is 3.60. The molecule has 1 radical (unpaired) electrons. The molecule has 3 heteroatoms. The summed E-state index contributed by atoms with van der Waals surface area (Å²) in [7, 11) is 0. The van der Waals surface area contributed by atoms with Crippen molar-refractivity contribution in [3.8, 4) is 5.75 Å². The van der Waals surface area contributed by atoms with Crippen LogP contribution >= 0.6 is 11.6 Å². The van der Waals surface area contributed by atoms with E-state index in [2.05, 4.69) is 24.0 Å². The fraction of sp³-hybridized carbons (Fsp3) is 0.111. The average molecular weight is 297 g/mol. The third-order valence-corrected chi connectivity index (χ3v) is 3.84. The van der Waals surface area contributed by atoms with Gasteiger partial charge in [0.2, 0.25) is 0 Å². The number of aromatic nitrogens is 1. The lowest BCUT2D eigenvalue weighted by atomic mass is 10.00. The maximum absolute atomic E-state index is 10.1. The van der Waals surface area contributed by atoms with Gasteiger partial charge >= 0.3 is 0 Å². The minimum absolute atomic E-state index is 0.157. The van der Waals surface area contributed by atoms with Crippen LogP contribution in [-0.2, 0) is 6.42 Å². The molecule has 0 aliphatic heterocycles. The number of halogens is 1. The molecule has 0 fully saturated rings. The number of aromatic hydroxyl groups is 1. The molecule has 3 aromatic rings. The molecule has 105 valence electrons. The summed E-state index contributed by atoms with van der Waals surface area (Å²) in [5.74, 6) is 0.157. The predicted octanol–water partition coefficient (Wildman–Crippen LogP) is 4.68. The number of benzene rings is 2. The molecule has 0 atom stereocenters. The molecule has 0 bridgehead atoms. The van der Waals surface area contributed by atoms with Crippen LogP contribution in [0.5, 0.6) is 5.75 Å². The van der Waals surface area contributed by atoms with E-state index in [0.717, 1.165) is 39.0 Å². The first-order valence-corrected chi connectivity index (χ1v) is 7.11. The highest BCUT2D eigenvalue weighted by Gasteiger charge is 2.09. The van der Waals surface area contributed by atoms with Crippen LogP contribution in [0.1, 0.15) is 22.5 Å². The number of hydrogen-bond acceptors (Lipinski definition) is 2. The van der Waals surface area contributed by atoms with E-state index in [-0.39, 0.29) is 5.75 Å². The number of aryl methyl sites for hydroxylation is 1. The third kappa shape index (κ3) is 2.72. The van der Waals surface area contributed by atoms with E-state index in [1.54, 1.807) is 0 Å². The summed E-state index contributed by atoms with van der Waals surface area (Å²) in [4.78, 5) is 4.28. The van der Waals surface area contributed by atoms with Crippen LogP contribution in [0.3, 0.4) is 0 Å². The molecule has 1 heterocycles. The summed E-state index contributed by atoms with van der Waals surface area (Å²) in [5.41, 5.74) is 3.61. The fourth-order valence-electron chi connectivity index (χ4n) is 2.56. The van der Waals surface area contributed by atoms with Gasteiger partial charge in [0.05, 0.1) is 5.69 Å². The fourth-order valence-corrected chi connectivity index (χ4v) is 2.77. The van der Waals surface area contributed by atoms with Crippen molar-refractivity contribution in [3.63, 3.8) is 0 Å². The van der Waals surface area contributed by atoms with Crippen LogP contribution < -0.4 is 0 Å². The standard InChI is InChI=1S/C18H15ClNO/c1-11-17-10-14(8-13-4-3-5-15(19)9-13)6-7-16(17)18(21)12(2)20-11/h3-7,9-10,21H,2,8H2,1H3. The summed E-state index contributed by atoms with van der Waals surface area (Å²) in [6.07, 6.45) is 0.794. The summed E-state index contributed by atoms with van der Waals surface area (Å²) < 4.78 is 0. The molecular formula is C18H15ClNO. The molecule has 0 spiro atoms. The van der Waals surface area contributed by atoms with Crippen LogP contribution in [0, 0.1) is 13.8 Å². The normalized spacial score (nSPS) is 11.0. The first-order valence-electron chi connectivity index (χ1n) is 6.73. The highest BCUT2D eigenvalue weighted by atomic mass is 35.5. The zero-order chi connectivity index (χ0) is 15.0. The van der Waals surface area contributed by atoms with E-state index in [4.69, 9.17) is 11.6 Å². The Morgan fingerprint density at radius 2 is 1.86 bits per heavy atom. The molecule has 0 aliphatic rings. The Morgan fingerprint density at radius 1 is 1.10 bits per heavy atom. The van der Waals surface area contributed by atoms with Gasteiger partial charge in [-0.25, -0.2) is 0 Å². The number of pyridine rings is 1. The molecule has 0 unspecified atom stereocenters. The minimum Gasteiger partial charge on any atom is -0.505 e. The van der Waals surface area contributed by atoms with Crippen molar-refractivity contribution in [2.75, 3.05) is 0 Å². The summed E-state index contributed by atoms with van der Waals surface area (Å²) >= 11 is 6.02. The van der Waals surface area contributed by atoms with Crippen molar-refractivity contribution in [1.82, 2.24) is 4.98 Å². The Bertz CT molecular complexity index is 827. The first kappa shape index (κ1) is 13.9. The molecule has 2 nitrogen and oxygen atoms in total. The predicted molar refractivity (Wildman–Crippen MR) is 86.9 cm³/mol. The van der Waals surface area contributed by atoms with Gasteiger partial charge in [-0.15, -0.1) is 0 Å². The second-order valence-electron chi connectivity index (χ2n) is 5.18. The Hall–Kier alpha value is -2.06. The van der Waals surface area contributed by atoms with Crippen molar-refractivity contribution in [3.05, 3.63) is 76.9 Å². The van der Waals surface area contributed by atoms with Crippen molar-refractivity contribution in [2.45, 2.75) is 13.3 Å². The maximum atomic E-state index is 10.1. The monoisotopic (exact) mass is 296 g/mol. The van der Waals surface area contributed by atoms with Crippen molar-refractivity contribution >= 4 is 22.4 Å². The van der Waals surface area contributed by atoms with E-state index in [1.165, 1.54) is 0 Å². The van der Waals surface area contributed by atoms with Gasteiger partial charge in [0.25, 0.3) is 0 Å². The number of rotatable bonds is 2. The highest BCUT2D eigenvalue weighted by Crippen LogP contribution is 2.30. The van der Waals surface area contributed by atoms with Crippen molar-refractivity contribution < 1.29 is 5.11 Å². The molecule has 0 amide bonds. The summed E-state index contributed by atoms with van der Waals surface area (Å²) in [5, 5.41) is 12.6. The summed E-state index contributed by atoms with van der Waals surface area (Å²) in [6, 6.07) is 13.8. The molecule has 0 saturated carbocycles. The zero-order valence-electron chi connectivity index (χ0n) is 11.7. The second kappa shape index (κ2) is 5.38. The van der Waals surface area contributed by atoms with Gasteiger partial charge in [0.15, 0.2) is 0 Å². The van der Waals surface area contributed by atoms with Gasteiger partial charge < -0.3 is 5.11 Å². The van der Waals surface area contributed by atoms with Gasteiger partial charge in [0.1, 0.15) is 5.75 Å². The van der Waals surface area contributed by atoms with Gasteiger partial charge in [-0.3, -0.25) is 4.98 Å². The lowest BCUT2D eigenvalue weighted by molar-refractivity contribution is 0.476. The summed E-state index contributed by atoms with van der Waals surface area (Å²) in [6.45, 7) is 5.69. The maximum Gasteiger partial charge on any atom is 0.144 e. The van der Waals surface area contributed by atoms with Crippen LogP contribution in [0.4, 0.5) is 0 Å². The largest absolute Gasteiger partial charge is 0.505 e. The molecule has 1 N–H and O–H groups in total. The molecule has 21 heavy (non-hydrogen) atoms. The second-order valence-corrected chi connectivity index (χ2v) is 5.62.